The van der Waals surface area contributed by atoms with Crippen LogP contribution in [0, 0.1) is 11.3 Å². The van der Waals surface area contributed by atoms with E-state index in [4.69, 9.17) is 0 Å². The standard InChI is InChI=1S/C15H25NO2/c1-3-4-5-12-6-8-15(9-7-12)10-13(17)16(2)14(18)11-15/h12H,3-11H2,1-2H3. The predicted octanol–water partition coefficient (Wildman–Crippen LogP) is 3.13. The van der Waals surface area contributed by atoms with Crippen LogP contribution in [0.5, 0.6) is 0 Å². The van der Waals surface area contributed by atoms with E-state index in [1.807, 2.05) is 0 Å². The minimum atomic E-state index is 0.0173. The van der Waals surface area contributed by atoms with E-state index in [0.29, 0.717) is 12.8 Å². The van der Waals surface area contributed by atoms with Gasteiger partial charge in [-0.2, -0.15) is 0 Å². The van der Waals surface area contributed by atoms with E-state index < -0.39 is 0 Å². The van der Waals surface area contributed by atoms with E-state index in [9.17, 15) is 9.59 Å². The fourth-order valence-corrected chi connectivity index (χ4v) is 3.51. The topological polar surface area (TPSA) is 37.4 Å². The maximum Gasteiger partial charge on any atom is 0.229 e. The number of nitrogens with zero attached hydrogens (tertiary/aromatic N) is 1. The summed E-state index contributed by atoms with van der Waals surface area (Å²) in [6.45, 7) is 2.23. The molecule has 1 aliphatic carbocycles. The lowest BCUT2D eigenvalue weighted by molar-refractivity contribution is -0.153. The first-order valence-electron chi connectivity index (χ1n) is 7.36. The van der Waals surface area contributed by atoms with Gasteiger partial charge in [-0.25, -0.2) is 0 Å². The van der Waals surface area contributed by atoms with Crippen LogP contribution in [0.2, 0.25) is 0 Å². The molecule has 0 aromatic carbocycles. The van der Waals surface area contributed by atoms with Gasteiger partial charge in [-0.05, 0) is 37.0 Å². The number of rotatable bonds is 3. The van der Waals surface area contributed by atoms with Crippen LogP contribution in [0.25, 0.3) is 0 Å². The number of hydrogen-bond donors (Lipinski definition) is 0. The third kappa shape index (κ3) is 2.76. The van der Waals surface area contributed by atoms with E-state index >= 15 is 0 Å². The van der Waals surface area contributed by atoms with Crippen LogP contribution < -0.4 is 0 Å². The molecule has 2 fully saturated rings. The number of hydrogen-bond acceptors (Lipinski definition) is 2. The molecule has 2 amide bonds. The molecule has 3 heteroatoms. The predicted molar refractivity (Wildman–Crippen MR) is 70.9 cm³/mol. The fourth-order valence-electron chi connectivity index (χ4n) is 3.51. The average Bonchev–Trinajstić information content (AvgIpc) is 2.35. The smallest absolute Gasteiger partial charge is 0.229 e. The van der Waals surface area contributed by atoms with Gasteiger partial charge in [0.05, 0.1) is 0 Å². The van der Waals surface area contributed by atoms with E-state index in [1.165, 1.54) is 37.0 Å². The third-order valence-electron chi connectivity index (χ3n) is 4.93. The van der Waals surface area contributed by atoms with Crippen molar-refractivity contribution in [2.24, 2.45) is 11.3 Å². The Kier molecular flexibility index (Phi) is 4.08. The molecule has 0 atom stereocenters. The summed E-state index contributed by atoms with van der Waals surface area (Å²) in [5, 5.41) is 0. The maximum atomic E-state index is 11.8. The molecule has 0 aromatic rings. The molecule has 102 valence electrons. The largest absolute Gasteiger partial charge is 0.286 e. The van der Waals surface area contributed by atoms with Gasteiger partial charge < -0.3 is 0 Å². The van der Waals surface area contributed by atoms with Gasteiger partial charge in [0.25, 0.3) is 0 Å². The molecular formula is C15H25NO2. The number of carbonyl (C=O) groups excluding carboxylic acids is 2. The van der Waals surface area contributed by atoms with Gasteiger partial charge in [0.1, 0.15) is 0 Å². The zero-order valence-electron chi connectivity index (χ0n) is 11.7. The Morgan fingerprint density at radius 3 is 2.22 bits per heavy atom. The maximum absolute atomic E-state index is 11.8. The molecule has 18 heavy (non-hydrogen) atoms. The van der Waals surface area contributed by atoms with Crippen molar-refractivity contribution in [2.45, 2.75) is 64.7 Å². The summed E-state index contributed by atoms with van der Waals surface area (Å²) < 4.78 is 0. The summed E-state index contributed by atoms with van der Waals surface area (Å²) in [6, 6.07) is 0. The number of likely N-dealkylation sites (tertiary alicyclic amines) is 1. The van der Waals surface area contributed by atoms with E-state index in [2.05, 4.69) is 6.92 Å². The molecule has 2 aliphatic rings. The second-order valence-electron chi connectivity index (χ2n) is 6.29. The van der Waals surface area contributed by atoms with Gasteiger partial charge in [-0.15, -0.1) is 0 Å². The Balaban J connectivity index is 1.91. The zero-order chi connectivity index (χ0) is 13.2. The molecule has 0 bridgehead atoms. The van der Waals surface area contributed by atoms with Crippen LogP contribution in [0.1, 0.15) is 64.7 Å². The lowest BCUT2D eigenvalue weighted by Gasteiger charge is -2.43. The summed E-state index contributed by atoms with van der Waals surface area (Å²) in [5.41, 5.74) is 0.0173. The number of imide groups is 1. The molecule has 2 rings (SSSR count). The molecule has 1 aliphatic heterocycles. The Bertz CT molecular complexity index is 309. The van der Waals surface area contributed by atoms with Crippen molar-refractivity contribution in [1.29, 1.82) is 0 Å². The van der Waals surface area contributed by atoms with Crippen LogP contribution in [-0.4, -0.2) is 23.8 Å². The normalized spacial score (nSPS) is 24.9. The average molecular weight is 251 g/mol. The van der Waals surface area contributed by atoms with E-state index in [0.717, 1.165) is 18.8 Å². The number of amides is 2. The van der Waals surface area contributed by atoms with Gasteiger partial charge in [0, 0.05) is 19.9 Å². The molecule has 1 saturated carbocycles. The lowest BCUT2D eigenvalue weighted by Crippen LogP contribution is -2.47. The minimum Gasteiger partial charge on any atom is -0.286 e. The monoisotopic (exact) mass is 251 g/mol. The highest BCUT2D eigenvalue weighted by atomic mass is 16.2. The highest BCUT2D eigenvalue weighted by Crippen LogP contribution is 2.47. The number of piperidine rings is 1. The van der Waals surface area contributed by atoms with Gasteiger partial charge in [-0.1, -0.05) is 26.2 Å². The van der Waals surface area contributed by atoms with Crippen LogP contribution >= 0.6 is 0 Å². The fraction of sp³-hybridized carbons (Fsp3) is 0.867. The van der Waals surface area contributed by atoms with Gasteiger partial charge in [-0.3, -0.25) is 14.5 Å². The van der Waals surface area contributed by atoms with Crippen molar-refractivity contribution < 1.29 is 9.59 Å². The van der Waals surface area contributed by atoms with Crippen molar-refractivity contribution in [1.82, 2.24) is 4.90 Å². The van der Waals surface area contributed by atoms with Crippen molar-refractivity contribution in [3.63, 3.8) is 0 Å². The molecular weight excluding hydrogens is 226 g/mol. The first-order valence-corrected chi connectivity index (χ1v) is 7.36. The first-order chi connectivity index (χ1) is 8.56. The SMILES string of the molecule is CCCCC1CCC2(CC1)CC(=O)N(C)C(=O)C2. The van der Waals surface area contributed by atoms with Crippen LogP contribution in [-0.2, 0) is 9.59 Å². The summed E-state index contributed by atoms with van der Waals surface area (Å²) >= 11 is 0. The second kappa shape index (κ2) is 5.41. The lowest BCUT2D eigenvalue weighted by atomic mass is 9.64. The quantitative estimate of drug-likeness (QED) is 0.723. The van der Waals surface area contributed by atoms with E-state index in [1.54, 1.807) is 7.05 Å². The van der Waals surface area contributed by atoms with Crippen LogP contribution in [0.4, 0.5) is 0 Å². The van der Waals surface area contributed by atoms with E-state index in [-0.39, 0.29) is 17.2 Å². The molecule has 0 N–H and O–H groups in total. The second-order valence-corrected chi connectivity index (χ2v) is 6.29. The molecule has 0 radical (unpaired) electrons. The Hall–Kier alpha value is -0.860. The highest BCUT2D eigenvalue weighted by molar-refractivity contribution is 5.98. The Morgan fingerprint density at radius 1 is 1.17 bits per heavy atom. The third-order valence-corrected chi connectivity index (χ3v) is 4.93. The summed E-state index contributed by atoms with van der Waals surface area (Å²) in [5.74, 6) is 0.886. The molecule has 3 nitrogen and oxygen atoms in total. The Labute approximate surface area is 110 Å². The van der Waals surface area contributed by atoms with Crippen molar-refractivity contribution >= 4 is 11.8 Å². The highest BCUT2D eigenvalue weighted by Gasteiger charge is 2.44. The number of carbonyl (C=O) groups is 2. The molecule has 1 heterocycles. The summed E-state index contributed by atoms with van der Waals surface area (Å²) in [4.78, 5) is 25.0. The van der Waals surface area contributed by atoms with Gasteiger partial charge in [0.15, 0.2) is 0 Å². The van der Waals surface area contributed by atoms with Crippen molar-refractivity contribution in [3.8, 4) is 0 Å². The van der Waals surface area contributed by atoms with Gasteiger partial charge in [0.2, 0.25) is 11.8 Å². The number of unbranched alkanes of at least 4 members (excludes halogenated alkanes) is 1. The first kappa shape index (κ1) is 13.6. The van der Waals surface area contributed by atoms with Gasteiger partial charge >= 0.3 is 0 Å². The molecule has 0 unspecified atom stereocenters. The Morgan fingerprint density at radius 2 is 1.72 bits per heavy atom. The van der Waals surface area contributed by atoms with Crippen molar-refractivity contribution in [2.75, 3.05) is 7.05 Å². The summed E-state index contributed by atoms with van der Waals surface area (Å²) in [7, 11) is 1.62. The van der Waals surface area contributed by atoms with Crippen LogP contribution in [0.15, 0.2) is 0 Å². The molecule has 1 spiro atoms. The van der Waals surface area contributed by atoms with Crippen molar-refractivity contribution in [3.05, 3.63) is 0 Å². The minimum absolute atomic E-state index is 0.0173. The molecule has 1 saturated heterocycles. The summed E-state index contributed by atoms with van der Waals surface area (Å²) in [6.07, 6.45) is 9.68. The molecule has 0 aromatic heterocycles. The zero-order valence-corrected chi connectivity index (χ0v) is 11.7. The van der Waals surface area contributed by atoms with Crippen LogP contribution in [0.3, 0.4) is 0 Å².